The molecule has 0 aliphatic heterocycles. The van der Waals surface area contributed by atoms with Crippen LogP contribution in [0.5, 0.6) is 5.88 Å². The van der Waals surface area contributed by atoms with E-state index in [1.807, 2.05) is 42.5 Å². The summed E-state index contributed by atoms with van der Waals surface area (Å²) in [5.41, 5.74) is 3.20. The predicted octanol–water partition coefficient (Wildman–Crippen LogP) is 4.19. The molecule has 2 N–H and O–H groups in total. The van der Waals surface area contributed by atoms with Crippen molar-refractivity contribution in [1.29, 1.82) is 0 Å². The highest BCUT2D eigenvalue weighted by molar-refractivity contribution is 5.96. The smallest absolute Gasteiger partial charge is 0.251 e. The first-order valence-corrected chi connectivity index (χ1v) is 10.4. The van der Waals surface area contributed by atoms with Gasteiger partial charge in [0.05, 0.1) is 0 Å². The third-order valence-corrected chi connectivity index (χ3v) is 5.34. The molecule has 1 aromatic heterocycles. The number of anilines is 1. The molecule has 1 saturated carbocycles. The van der Waals surface area contributed by atoms with Crippen LogP contribution in [0.25, 0.3) is 0 Å². The number of benzene rings is 2. The fourth-order valence-corrected chi connectivity index (χ4v) is 3.28. The van der Waals surface area contributed by atoms with Crippen LogP contribution in [0.1, 0.15) is 34.8 Å². The molecule has 1 aliphatic rings. The SMILES string of the molecule is CC1CC1C(=O)Nc1ccc(C(=O)NCc2ccnc(OCc3ccccc3)c2)cc1. The number of hydrogen-bond donors (Lipinski definition) is 2. The zero-order chi connectivity index (χ0) is 21.6. The van der Waals surface area contributed by atoms with Crippen molar-refractivity contribution < 1.29 is 14.3 Å². The Bertz CT molecular complexity index is 1050. The van der Waals surface area contributed by atoms with E-state index in [0.717, 1.165) is 17.5 Å². The van der Waals surface area contributed by atoms with E-state index >= 15 is 0 Å². The van der Waals surface area contributed by atoms with Crippen molar-refractivity contribution in [3.8, 4) is 5.88 Å². The molecule has 0 radical (unpaired) electrons. The van der Waals surface area contributed by atoms with Gasteiger partial charge in [-0.2, -0.15) is 0 Å². The first-order chi connectivity index (χ1) is 15.1. The number of carbonyl (C=O) groups excluding carboxylic acids is 2. The van der Waals surface area contributed by atoms with Crippen molar-refractivity contribution >= 4 is 17.5 Å². The van der Waals surface area contributed by atoms with Crippen LogP contribution in [0.3, 0.4) is 0 Å². The standard InChI is InChI=1S/C25H25N3O3/c1-17-13-22(17)25(30)28-21-9-7-20(8-10-21)24(29)27-15-19-11-12-26-23(14-19)31-16-18-5-3-2-4-6-18/h2-12,14,17,22H,13,15-16H2,1H3,(H,27,29)(H,28,30). The fraction of sp³-hybridized carbons (Fsp3) is 0.240. The minimum atomic E-state index is -0.183. The van der Waals surface area contributed by atoms with Gasteiger partial charge < -0.3 is 15.4 Å². The summed E-state index contributed by atoms with van der Waals surface area (Å²) >= 11 is 0. The Labute approximate surface area is 181 Å². The molecule has 1 fully saturated rings. The number of rotatable bonds is 8. The molecule has 0 spiro atoms. The maximum atomic E-state index is 12.5. The summed E-state index contributed by atoms with van der Waals surface area (Å²) in [5, 5.41) is 5.80. The molecule has 0 saturated heterocycles. The van der Waals surface area contributed by atoms with E-state index in [-0.39, 0.29) is 17.7 Å². The van der Waals surface area contributed by atoms with Crippen molar-refractivity contribution in [2.45, 2.75) is 26.5 Å². The average Bonchev–Trinajstić information content (AvgIpc) is 3.54. The van der Waals surface area contributed by atoms with Crippen molar-refractivity contribution in [3.63, 3.8) is 0 Å². The molecule has 1 heterocycles. The van der Waals surface area contributed by atoms with Gasteiger partial charge in [-0.1, -0.05) is 37.3 Å². The van der Waals surface area contributed by atoms with E-state index in [9.17, 15) is 9.59 Å². The van der Waals surface area contributed by atoms with Crippen LogP contribution in [0.4, 0.5) is 5.69 Å². The maximum absolute atomic E-state index is 12.5. The van der Waals surface area contributed by atoms with E-state index < -0.39 is 0 Å². The topological polar surface area (TPSA) is 80.3 Å². The first-order valence-electron chi connectivity index (χ1n) is 10.4. The number of ether oxygens (including phenoxy) is 1. The lowest BCUT2D eigenvalue weighted by molar-refractivity contribution is -0.117. The van der Waals surface area contributed by atoms with E-state index in [1.165, 1.54) is 0 Å². The van der Waals surface area contributed by atoms with Gasteiger partial charge in [-0.15, -0.1) is 0 Å². The van der Waals surface area contributed by atoms with Gasteiger partial charge in [-0.25, -0.2) is 4.98 Å². The number of aromatic nitrogens is 1. The Morgan fingerprint density at radius 1 is 1.03 bits per heavy atom. The highest BCUT2D eigenvalue weighted by atomic mass is 16.5. The van der Waals surface area contributed by atoms with Crippen LogP contribution in [0.2, 0.25) is 0 Å². The van der Waals surface area contributed by atoms with Gasteiger partial charge in [0.2, 0.25) is 11.8 Å². The monoisotopic (exact) mass is 415 g/mol. The minimum Gasteiger partial charge on any atom is -0.473 e. The molecule has 2 atom stereocenters. The van der Waals surface area contributed by atoms with E-state index in [2.05, 4.69) is 22.5 Å². The maximum Gasteiger partial charge on any atom is 0.251 e. The van der Waals surface area contributed by atoms with E-state index in [1.54, 1.807) is 30.5 Å². The van der Waals surface area contributed by atoms with Gasteiger partial charge in [0.1, 0.15) is 6.61 Å². The van der Waals surface area contributed by atoms with Crippen LogP contribution in [-0.4, -0.2) is 16.8 Å². The lowest BCUT2D eigenvalue weighted by Crippen LogP contribution is -2.23. The third kappa shape index (κ3) is 5.69. The fourth-order valence-electron chi connectivity index (χ4n) is 3.28. The van der Waals surface area contributed by atoms with Crippen LogP contribution in [-0.2, 0) is 17.9 Å². The predicted molar refractivity (Wildman–Crippen MR) is 119 cm³/mol. The van der Waals surface area contributed by atoms with E-state index in [0.29, 0.717) is 36.2 Å². The van der Waals surface area contributed by atoms with Crippen LogP contribution >= 0.6 is 0 Å². The van der Waals surface area contributed by atoms with E-state index in [4.69, 9.17) is 4.74 Å². The number of carbonyl (C=O) groups is 2. The van der Waals surface area contributed by atoms with Crippen LogP contribution < -0.4 is 15.4 Å². The average molecular weight is 415 g/mol. The Hall–Kier alpha value is -3.67. The molecule has 2 unspecified atom stereocenters. The highest BCUT2D eigenvalue weighted by Crippen LogP contribution is 2.38. The van der Waals surface area contributed by atoms with Crippen LogP contribution in [0.15, 0.2) is 72.9 Å². The van der Waals surface area contributed by atoms with Gasteiger partial charge in [0, 0.05) is 36.0 Å². The summed E-state index contributed by atoms with van der Waals surface area (Å²) in [6.07, 6.45) is 2.61. The number of nitrogens with one attached hydrogen (secondary N) is 2. The zero-order valence-corrected chi connectivity index (χ0v) is 17.4. The number of hydrogen-bond acceptors (Lipinski definition) is 4. The summed E-state index contributed by atoms with van der Waals surface area (Å²) in [5.74, 6) is 0.956. The summed E-state index contributed by atoms with van der Waals surface area (Å²) in [6, 6.07) is 20.5. The van der Waals surface area contributed by atoms with Crippen molar-refractivity contribution in [1.82, 2.24) is 10.3 Å². The molecule has 1 aliphatic carbocycles. The molecule has 4 rings (SSSR count). The minimum absolute atomic E-state index is 0.0488. The van der Waals surface area contributed by atoms with Crippen LogP contribution in [0, 0.1) is 11.8 Å². The van der Waals surface area contributed by atoms with Crippen molar-refractivity contribution in [2.75, 3.05) is 5.32 Å². The largest absolute Gasteiger partial charge is 0.473 e. The molecular formula is C25H25N3O3. The van der Waals surface area contributed by atoms with Gasteiger partial charge >= 0.3 is 0 Å². The van der Waals surface area contributed by atoms with Gasteiger partial charge in [-0.3, -0.25) is 9.59 Å². The summed E-state index contributed by atoms with van der Waals surface area (Å²) in [7, 11) is 0. The quantitative estimate of drug-likeness (QED) is 0.578. The Morgan fingerprint density at radius 3 is 2.48 bits per heavy atom. The number of nitrogens with zero attached hydrogens (tertiary/aromatic N) is 1. The molecular weight excluding hydrogens is 390 g/mol. The molecule has 0 bridgehead atoms. The molecule has 158 valence electrons. The summed E-state index contributed by atoms with van der Waals surface area (Å²) < 4.78 is 5.74. The second kappa shape index (κ2) is 9.43. The third-order valence-electron chi connectivity index (χ3n) is 5.34. The van der Waals surface area contributed by atoms with Crippen molar-refractivity contribution in [2.24, 2.45) is 11.8 Å². The lowest BCUT2D eigenvalue weighted by atomic mass is 10.1. The highest BCUT2D eigenvalue weighted by Gasteiger charge is 2.39. The van der Waals surface area contributed by atoms with Gasteiger partial charge in [-0.05, 0) is 53.8 Å². The normalized spacial score (nSPS) is 16.9. The molecule has 31 heavy (non-hydrogen) atoms. The van der Waals surface area contributed by atoms with Gasteiger partial charge in [0.15, 0.2) is 0 Å². The zero-order valence-electron chi connectivity index (χ0n) is 17.4. The number of amides is 2. The second-order valence-corrected chi connectivity index (χ2v) is 7.85. The Morgan fingerprint density at radius 2 is 1.77 bits per heavy atom. The summed E-state index contributed by atoms with van der Waals surface area (Å²) in [6.45, 7) is 2.87. The number of pyridine rings is 1. The second-order valence-electron chi connectivity index (χ2n) is 7.85. The Balaban J connectivity index is 1.27. The summed E-state index contributed by atoms with van der Waals surface area (Å²) in [4.78, 5) is 28.7. The first kappa shape index (κ1) is 20.6. The Kier molecular flexibility index (Phi) is 6.26. The molecule has 2 amide bonds. The van der Waals surface area contributed by atoms with Crippen molar-refractivity contribution in [3.05, 3.63) is 89.6 Å². The molecule has 3 aromatic rings. The lowest BCUT2D eigenvalue weighted by Gasteiger charge is -2.09. The van der Waals surface area contributed by atoms with Gasteiger partial charge in [0.25, 0.3) is 5.91 Å². The molecule has 2 aromatic carbocycles. The molecule has 6 nitrogen and oxygen atoms in total. The molecule has 6 heteroatoms.